The zero-order valence-electron chi connectivity index (χ0n) is 9.76. The molecule has 5 nitrogen and oxygen atoms in total. The van der Waals surface area contributed by atoms with Crippen LogP contribution in [-0.2, 0) is 14.3 Å². The molecule has 1 aromatic carbocycles. The van der Waals surface area contributed by atoms with Gasteiger partial charge in [-0.25, -0.2) is 4.79 Å². The van der Waals surface area contributed by atoms with Gasteiger partial charge in [0.05, 0.1) is 13.5 Å². The number of hydrogen-bond donors (Lipinski definition) is 0. The minimum atomic E-state index is -0.827. The SMILES string of the molecule is C=NC(=O)O[C@@H](CC(=O)OC)c1ccc(Br)cc1. The Balaban J connectivity index is 2.88. The van der Waals surface area contributed by atoms with Crippen LogP contribution in [0.5, 0.6) is 0 Å². The molecular weight excluding hydrogens is 302 g/mol. The van der Waals surface area contributed by atoms with Crippen molar-refractivity contribution in [2.24, 2.45) is 4.99 Å². The summed E-state index contributed by atoms with van der Waals surface area (Å²) in [7, 11) is 1.27. The quantitative estimate of drug-likeness (QED) is 0.633. The second-order valence-electron chi connectivity index (χ2n) is 3.36. The first-order valence-electron chi connectivity index (χ1n) is 5.06. The Kier molecular flexibility index (Phi) is 5.51. The molecule has 18 heavy (non-hydrogen) atoms. The summed E-state index contributed by atoms with van der Waals surface area (Å²) in [5.41, 5.74) is 0.681. The zero-order chi connectivity index (χ0) is 13.5. The highest BCUT2D eigenvalue weighted by Gasteiger charge is 2.20. The third kappa shape index (κ3) is 4.29. The number of ether oxygens (including phenoxy) is 2. The van der Waals surface area contributed by atoms with Crippen LogP contribution in [0.3, 0.4) is 0 Å². The minimum absolute atomic E-state index is 0.0700. The fraction of sp³-hybridized carbons (Fsp3) is 0.250. The van der Waals surface area contributed by atoms with Crippen molar-refractivity contribution in [3.63, 3.8) is 0 Å². The van der Waals surface area contributed by atoms with E-state index < -0.39 is 18.2 Å². The van der Waals surface area contributed by atoms with E-state index in [1.807, 2.05) is 0 Å². The normalized spacial score (nSPS) is 11.4. The molecule has 1 rings (SSSR count). The Morgan fingerprint density at radius 2 is 2.00 bits per heavy atom. The largest absolute Gasteiger partial charge is 0.469 e. The highest BCUT2D eigenvalue weighted by atomic mass is 79.9. The predicted octanol–water partition coefficient (Wildman–Crippen LogP) is 2.89. The van der Waals surface area contributed by atoms with Gasteiger partial charge in [0.1, 0.15) is 6.10 Å². The van der Waals surface area contributed by atoms with Crippen molar-refractivity contribution in [2.75, 3.05) is 7.11 Å². The summed E-state index contributed by atoms with van der Waals surface area (Å²) in [6, 6.07) is 7.06. The van der Waals surface area contributed by atoms with Gasteiger partial charge in [-0.2, -0.15) is 4.99 Å². The van der Waals surface area contributed by atoms with Gasteiger partial charge in [0.25, 0.3) is 0 Å². The molecular formula is C12H12BrNO4. The van der Waals surface area contributed by atoms with E-state index in [1.54, 1.807) is 24.3 Å². The molecule has 0 aliphatic rings. The zero-order valence-corrected chi connectivity index (χ0v) is 11.3. The summed E-state index contributed by atoms with van der Waals surface area (Å²) in [5, 5.41) is 0. The second-order valence-corrected chi connectivity index (χ2v) is 4.28. The van der Waals surface area contributed by atoms with Crippen molar-refractivity contribution in [3.05, 3.63) is 34.3 Å². The fourth-order valence-corrected chi connectivity index (χ4v) is 1.56. The van der Waals surface area contributed by atoms with Crippen molar-refractivity contribution in [1.82, 2.24) is 0 Å². The Hall–Kier alpha value is -1.69. The topological polar surface area (TPSA) is 65.0 Å². The molecule has 1 amide bonds. The molecule has 1 aromatic rings. The number of benzene rings is 1. The van der Waals surface area contributed by atoms with Crippen molar-refractivity contribution in [3.8, 4) is 0 Å². The summed E-state index contributed by atoms with van der Waals surface area (Å²) >= 11 is 3.30. The lowest BCUT2D eigenvalue weighted by Crippen LogP contribution is -2.14. The molecule has 0 aliphatic carbocycles. The summed E-state index contributed by atoms with van der Waals surface area (Å²) in [6.45, 7) is 3.07. The third-order valence-corrected chi connectivity index (χ3v) is 2.72. The average molecular weight is 314 g/mol. The van der Waals surface area contributed by atoms with E-state index in [4.69, 9.17) is 4.74 Å². The maximum Gasteiger partial charge on any atom is 0.433 e. The summed E-state index contributed by atoms with van der Waals surface area (Å²) < 4.78 is 10.5. The summed E-state index contributed by atoms with van der Waals surface area (Å²) in [4.78, 5) is 25.5. The standard InChI is InChI=1S/C12H12BrNO4/c1-14-12(16)18-10(7-11(15)17-2)8-3-5-9(13)6-4-8/h3-6,10H,1,7H2,2H3/t10-/m0/s1. The van der Waals surface area contributed by atoms with Crippen LogP contribution < -0.4 is 0 Å². The number of carbonyl (C=O) groups is 2. The number of halogens is 1. The molecule has 0 aliphatic heterocycles. The predicted molar refractivity (Wildman–Crippen MR) is 69.5 cm³/mol. The minimum Gasteiger partial charge on any atom is -0.469 e. The van der Waals surface area contributed by atoms with Gasteiger partial charge in [0.2, 0.25) is 0 Å². The number of aliphatic imine (C=N–C) groups is 1. The number of rotatable bonds is 4. The van der Waals surface area contributed by atoms with E-state index in [0.717, 1.165) is 4.47 Å². The van der Waals surface area contributed by atoms with Crippen molar-refractivity contribution < 1.29 is 19.1 Å². The van der Waals surface area contributed by atoms with Crippen molar-refractivity contribution in [1.29, 1.82) is 0 Å². The maximum absolute atomic E-state index is 11.3. The number of methoxy groups -OCH3 is 1. The maximum atomic E-state index is 11.3. The van der Waals surface area contributed by atoms with Gasteiger partial charge in [0.15, 0.2) is 0 Å². The first-order valence-corrected chi connectivity index (χ1v) is 5.85. The summed E-state index contributed by atoms with van der Waals surface area (Å²) in [6.07, 6.45) is -1.63. The lowest BCUT2D eigenvalue weighted by Gasteiger charge is -2.15. The van der Waals surface area contributed by atoms with E-state index in [0.29, 0.717) is 5.56 Å². The fourth-order valence-electron chi connectivity index (χ4n) is 1.30. The van der Waals surface area contributed by atoms with E-state index in [2.05, 4.69) is 32.4 Å². The molecule has 1 atom stereocenters. The highest BCUT2D eigenvalue weighted by Crippen LogP contribution is 2.24. The van der Waals surface area contributed by atoms with Crippen LogP contribution in [0.4, 0.5) is 4.79 Å². The summed E-state index contributed by atoms with van der Waals surface area (Å²) in [5.74, 6) is -0.472. The number of nitrogens with zero attached hydrogens (tertiary/aromatic N) is 1. The third-order valence-electron chi connectivity index (χ3n) is 2.19. The highest BCUT2D eigenvalue weighted by molar-refractivity contribution is 9.10. The first-order chi connectivity index (χ1) is 8.56. The Labute approximate surface area is 113 Å². The first kappa shape index (κ1) is 14.4. The van der Waals surface area contributed by atoms with Crippen LogP contribution in [0.1, 0.15) is 18.1 Å². The molecule has 0 N–H and O–H groups in total. The molecule has 6 heteroatoms. The molecule has 0 unspecified atom stereocenters. The van der Waals surface area contributed by atoms with Crippen LogP contribution in [0.15, 0.2) is 33.7 Å². The number of hydrogen-bond acceptors (Lipinski definition) is 4. The van der Waals surface area contributed by atoms with Gasteiger partial charge < -0.3 is 9.47 Å². The van der Waals surface area contributed by atoms with Crippen molar-refractivity contribution >= 4 is 34.7 Å². The monoisotopic (exact) mass is 313 g/mol. The number of amides is 1. The average Bonchev–Trinajstić information content (AvgIpc) is 2.38. The van der Waals surface area contributed by atoms with Crippen LogP contribution in [-0.4, -0.2) is 25.9 Å². The van der Waals surface area contributed by atoms with Crippen LogP contribution in [0.2, 0.25) is 0 Å². The van der Waals surface area contributed by atoms with Crippen molar-refractivity contribution in [2.45, 2.75) is 12.5 Å². The van der Waals surface area contributed by atoms with Crippen LogP contribution >= 0.6 is 15.9 Å². The van der Waals surface area contributed by atoms with E-state index >= 15 is 0 Å². The molecule has 0 saturated heterocycles. The molecule has 0 spiro atoms. The van der Waals surface area contributed by atoms with Crippen LogP contribution in [0, 0.1) is 0 Å². The molecule has 96 valence electrons. The molecule has 0 saturated carbocycles. The molecule has 0 bridgehead atoms. The van der Waals surface area contributed by atoms with Crippen LogP contribution in [0.25, 0.3) is 0 Å². The molecule has 0 aromatic heterocycles. The van der Waals surface area contributed by atoms with Gasteiger partial charge in [-0.1, -0.05) is 28.1 Å². The Bertz CT molecular complexity index is 444. The number of esters is 1. The van der Waals surface area contributed by atoms with Gasteiger partial charge in [-0.3, -0.25) is 4.79 Å². The molecule has 0 heterocycles. The lowest BCUT2D eigenvalue weighted by molar-refractivity contribution is -0.142. The van der Waals surface area contributed by atoms with E-state index in [-0.39, 0.29) is 6.42 Å². The van der Waals surface area contributed by atoms with Gasteiger partial charge in [-0.05, 0) is 24.4 Å². The smallest absolute Gasteiger partial charge is 0.433 e. The lowest BCUT2D eigenvalue weighted by atomic mass is 10.1. The second kappa shape index (κ2) is 6.90. The Morgan fingerprint density at radius 3 is 2.50 bits per heavy atom. The number of carbonyl (C=O) groups excluding carboxylic acids is 2. The van der Waals surface area contributed by atoms with E-state index in [1.165, 1.54) is 7.11 Å². The van der Waals surface area contributed by atoms with E-state index in [9.17, 15) is 9.59 Å². The van der Waals surface area contributed by atoms with Gasteiger partial charge >= 0.3 is 12.1 Å². The Morgan fingerprint density at radius 1 is 1.39 bits per heavy atom. The van der Waals surface area contributed by atoms with Gasteiger partial charge in [-0.15, -0.1) is 0 Å². The van der Waals surface area contributed by atoms with Gasteiger partial charge in [0, 0.05) is 4.47 Å². The molecule has 0 fully saturated rings. The molecule has 0 radical (unpaired) electrons.